The van der Waals surface area contributed by atoms with Gasteiger partial charge in [0.15, 0.2) is 5.75 Å². The van der Waals surface area contributed by atoms with Gasteiger partial charge >= 0.3 is 15.6 Å². The zero-order valence-corrected chi connectivity index (χ0v) is 13.1. The fourth-order valence-electron chi connectivity index (χ4n) is 1.75. The van der Waals surface area contributed by atoms with Gasteiger partial charge in [0.1, 0.15) is 0 Å². The van der Waals surface area contributed by atoms with Gasteiger partial charge in [-0.15, -0.1) is 0 Å². The molecule has 116 valence electrons. The highest BCUT2D eigenvalue weighted by atomic mass is 32.2. The molecule has 0 aliphatic carbocycles. The summed E-state index contributed by atoms with van der Waals surface area (Å²) < 4.78 is 64.1. The molecule has 2 aromatic rings. The molecule has 22 heavy (non-hydrogen) atoms. The quantitative estimate of drug-likeness (QED) is 0.494. The molecule has 1 aliphatic heterocycles. The molecule has 3 rings (SSSR count). The molecule has 3 nitrogen and oxygen atoms in total. The first-order valence-corrected chi connectivity index (χ1v) is 8.90. The van der Waals surface area contributed by atoms with Gasteiger partial charge < -0.3 is 4.18 Å². The van der Waals surface area contributed by atoms with Crippen molar-refractivity contribution in [2.45, 2.75) is 25.1 Å². The molecule has 9 heteroatoms. The van der Waals surface area contributed by atoms with E-state index in [9.17, 15) is 21.6 Å². The number of halogens is 3. The van der Waals surface area contributed by atoms with Crippen molar-refractivity contribution in [2.24, 2.45) is 0 Å². The van der Waals surface area contributed by atoms with E-state index < -0.39 is 15.6 Å². The molecule has 0 bridgehead atoms. The van der Waals surface area contributed by atoms with Crippen LogP contribution in [0.5, 0.6) is 5.75 Å². The van der Waals surface area contributed by atoms with Crippen LogP contribution in [0.2, 0.25) is 0 Å². The summed E-state index contributed by atoms with van der Waals surface area (Å²) in [7, 11) is -5.68. The highest BCUT2D eigenvalue weighted by molar-refractivity contribution is 8.05. The number of hydrogen-bond acceptors (Lipinski definition) is 5. The minimum Gasteiger partial charge on any atom is -0.375 e. The molecule has 0 amide bonds. The van der Waals surface area contributed by atoms with Crippen LogP contribution in [0.4, 0.5) is 13.2 Å². The van der Waals surface area contributed by atoms with Crippen LogP contribution in [0.3, 0.4) is 0 Å². The number of rotatable bonds is 2. The van der Waals surface area contributed by atoms with E-state index in [1.165, 1.54) is 35.7 Å². The Balaban J connectivity index is 2.01. The average Bonchev–Trinajstić information content (AvgIpc) is 2.44. The number of benzene rings is 2. The SMILES string of the molecule is O=S(=O)(Oc1cccc2c1Sc1ccccc1S2)C(F)(F)F. The largest absolute Gasteiger partial charge is 0.534 e. The Morgan fingerprint density at radius 1 is 0.864 bits per heavy atom. The van der Waals surface area contributed by atoms with Gasteiger partial charge in [0.2, 0.25) is 0 Å². The van der Waals surface area contributed by atoms with Crippen LogP contribution in [-0.4, -0.2) is 13.9 Å². The van der Waals surface area contributed by atoms with Crippen molar-refractivity contribution in [3.05, 3.63) is 42.5 Å². The van der Waals surface area contributed by atoms with Crippen molar-refractivity contribution < 1.29 is 25.8 Å². The highest BCUT2D eigenvalue weighted by Gasteiger charge is 2.49. The first kappa shape index (κ1) is 15.6. The Bertz CT molecular complexity index is 832. The minimum atomic E-state index is -5.68. The fourth-order valence-corrected chi connectivity index (χ4v) is 4.58. The van der Waals surface area contributed by atoms with E-state index in [1.807, 2.05) is 18.2 Å². The van der Waals surface area contributed by atoms with Gasteiger partial charge in [-0.25, -0.2) is 0 Å². The van der Waals surface area contributed by atoms with E-state index in [-0.39, 0.29) is 5.75 Å². The second kappa shape index (κ2) is 5.39. The molecule has 0 unspecified atom stereocenters. The van der Waals surface area contributed by atoms with Crippen molar-refractivity contribution >= 4 is 33.6 Å². The van der Waals surface area contributed by atoms with Crippen LogP contribution in [0.1, 0.15) is 0 Å². The molecule has 1 aliphatic rings. The second-order valence-electron chi connectivity index (χ2n) is 4.22. The third kappa shape index (κ3) is 2.80. The van der Waals surface area contributed by atoms with Gasteiger partial charge in [0.05, 0.1) is 4.90 Å². The van der Waals surface area contributed by atoms with Crippen molar-refractivity contribution in [3.8, 4) is 5.75 Å². The zero-order valence-electron chi connectivity index (χ0n) is 10.6. The predicted octanol–water partition coefficient (Wildman–Crippen LogP) is 4.53. The first-order chi connectivity index (χ1) is 10.3. The normalized spacial score (nSPS) is 14.1. The molecule has 0 saturated carbocycles. The predicted molar refractivity (Wildman–Crippen MR) is 76.7 cm³/mol. The smallest absolute Gasteiger partial charge is 0.375 e. The van der Waals surface area contributed by atoms with Crippen LogP contribution >= 0.6 is 23.5 Å². The molecule has 0 atom stereocenters. The third-order valence-electron chi connectivity index (χ3n) is 2.71. The van der Waals surface area contributed by atoms with E-state index in [1.54, 1.807) is 12.1 Å². The summed E-state index contributed by atoms with van der Waals surface area (Å²) in [5.74, 6) is -0.318. The van der Waals surface area contributed by atoms with E-state index in [2.05, 4.69) is 4.18 Å². The van der Waals surface area contributed by atoms with Gasteiger partial charge in [0, 0.05) is 14.7 Å². The van der Waals surface area contributed by atoms with Gasteiger partial charge in [0.25, 0.3) is 0 Å². The second-order valence-corrected chi connectivity index (χ2v) is 7.89. The summed E-state index contributed by atoms with van der Waals surface area (Å²) in [5, 5.41) is 0. The van der Waals surface area contributed by atoms with Crippen LogP contribution in [0.25, 0.3) is 0 Å². The fraction of sp³-hybridized carbons (Fsp3) is 0.0769. The number of hydrogen-bond donors (Lipinski definition) is 0. The molecule has 0 radical (unpaired) electrons. The monoisotopic (exact) mass is 364 g/mol. The lowest BCUT2D eigenvalue weighted by Crippen LogP contribution is -2.28. The standard InChI is InChI=1S/C13H7F3O3S3/c14-13(15,16)22(17,18)19-8-4-3-7-11-12(8)21-10-6-2-1-5-9(10)20-11/h1-7H. The molecule has 0 aromatic heterocycles. The molecule has 0 N–H and O–H groups in total. The van der Waals surface area contributed by atoms with Crippen molar-refractivity contribution in [3.63, 3.8) is 0 Å². The molecule has 1 heterocycles. The van der Waals surface area contributed by atoms with Gasteiger partial charge in [-0.3, -0.25) is 0 Å². The molecule has 0 saturated heterocycles. The summed E-state index contributed by atoms with van der Waals surface area (Å²) in [5.41, 5.74) is -5.46. The lowest BCUT2D eigenvalue weighted by Gasteiger charge is -2.20. The van der Waals surface area contributed by atoms with Crippen molar-refractivity contribution in [1.29, 1.82) is 0 Å². The molecule has 0 fully saturated rings. The molecular weight excluding hydrogens is 357 g/mol. The summed E-state index contributed by atoms with van der Waals surface area (Å²) in [4.78, 5) is 2.80. The summed E-state index contributed by atoms with van der Waals surface area (Å²) in [6.45, 7) is 0. The van der Waals surface area contributed by atoms with Crippen molar-refractivity contribution in [1.82, 2.24) is 0 Å². The Hall–Kier alpha value is -1.32. The first-order valence-electron chi connectivity index (χ1n) is 5.86. The topological polar surface area (TPSA) is 43.4 Å². The van der Waals surface area contributed by atoms with E-state index in [4.69, 9.17) is 0 Å². The van der Waals surface area contributed by atoms with E-state index >= 15 is 0 Å². The Morgan fingerprint density at radius 2 is 1.45 bits per heavy atom. The minimum absolute atomic E-state index is 0.318. The number of fused-ring (bicyclic) bond motifs is 2. The maximum Gasteiger partial charge on any atom is 0.534 e. The maximum absolute atomic E-state index is 12.5. The van der Waals surface area contributed by atoms with E-state index in [0.29, 0.717) is 9.79 Å². The lowest BCUT2D eigenvalue weighted by atomic mass is 10.3. The summed E-state index contributed by atoms with van der Waals surface area (Å²) in [6, 6.07) is 11.7. The Kier molecular flexibility index (Phi) is 3.82. The van der Waals surface area contributed by atoms with Gasteiger partial charge in [-0.2, -0.15) is 21.6 Å². The van der Waals surface area contributed by atoms with Crippen molar-refractivity contribution in [2.75, 3.05) is 0 Å². The molecular formula is C13H7F3O3S3. The van der Waals surface area contributed by atoms with Gasteiger partial charge in [-0.05, 0) is 24.3 Å². The Labute approximate surface area is 133 Å². The van der Waals surface area contributed by atoms with Crippen LogP contribution in [-0.2, 0) is 10.1 Å². The van der Waals surface area contributed by atoms with Crippen LogP contribution in [0.15, 0.2) is 62.0 Å². The molecule has 0 spiro atoms. The summed E-state index contributed by atoms with van der Waals surface area (Å²) >= 11 is 2.54. The van der Waals surface area contributed by atoms with Crippen LogP contribution < -0.4 is 4.18 Å². The lowest BCUT2D eigenvalue weighted by molar-refractivity contribution is -0.0500. The van der Waals surface area contributed by atoms with E-state index in [0.717, 1.165) is 9.79 Å². The zero-order chi connectivity index (χ0) is 16.0. The molecule has 2 aromatic carbocycles. The average molecular weight is 364 g/mol. The third-order valence-corrected chi connectivity index (χ3v) is 6.27. The summed E-state index contributed by atoms with van der Waals surface area (Å²) in [6.07, 6.45) is 0. The van der Waals surface area contributed by atoms with Gasteiger partial charge in [-0.1, -0.05) is 41.7 Å². The highest BCUT2D eigenvalue weighted by Crippen LogP contribution is 2.52. The van der Waals surface area contributed by atoms with Crippen LogP contribution in [0, 0.1) is 0 Å². The Morgan fingerprint density at radius 3 is 2.09 bits per heavy atom. The number of alkyl halides is 3. The maximum atomic E-state index is 12.5.